The molecule has 0 amide bonds. The lowest BCUT2D eigenvalue weighted by Crippen LogP contribution is -2.37. The molecular weight excluding hydrogens is 611 g/mol. The molecule has 2 aliphatic rings. The number of imidazole rings is 1. The normalized spacial score (nSPS) is 17.8. The summed E-state index contributed by atoms with van der Waals surface area (Å²) in [5.74, 6) is -3.23. The molecule has 1 unspecified atom stereocenters. The van der Waals surface area contributed by atoms with Crippen LogP contribution >= 0.6 is 11.6 Å². The van der Waals surface area contributed by atoms with Crippen LogP contribution in [0.15, 0.2) is 36.4 Å². The summed E-state index contributed by atoms with van der Waals surface area (Å²) in [5.41, 5.74) is -0.424. The molecule has 4 heterocycles. The van der Waals surface area contributed by atoms with E-state index in [1.807, 2.05) is 11.8 Å². The van der Waals surface area contributed by atoms with Gasteiger partial charge < -0.3 is 19.1 Å². The minimum absolute atomic E-state index is 0.0185. The first-order chi connectivity index (χ1) is 20.9. The van der Waals surface area contributed by atoms with Crippen molar-refractivity contribution in [2.24, 2.45) is 0 Å². The first kappa shape index (κ1) is 30.2. The molecule has 0 radical (unpaired) electrons. The Kier molecular flexibility index (Phi) is 7.97. The summed E-state index contributed by atoms with van der Waals surface area (Å²) >= 11 is 5.78. The predicted molar refractivity (Wildman–Crippen MR) is 149 cm³/mol. The smallest absolute Gasteiger partial charge is 0.421 e. The number of aromatic carboxylic acids is 1. The lowest BCUT2D eigenvalue weighted by Gasteiger charge is -2.34. The second-order valence-electron chi connectivity index (χ2n) is 10.8. The summed E-state index contributed by atoms with van der Waals surface area (Å²) in [6.07, 6.45) is -3.96. The average molecular weight is 637 g/mol. The molecule has 2 aromatic carbocycles. The molecule has 0 aliphatic carbocycles. The van der Waals surface area contributed by atoms with E-state index in [-0.39, 0.29) is 47.2 Å². The minimum atomic E-state index is -4.76. The van der Waals surface area contributed by atoms with Gasteiger partial charge in [-0.2, -0.15) is 13.2 Å². The van der Waals surface area contributed by atoms with E-state index in [0.29, 0.717) is 30.2 Å². The van der Waals surface area contributed by atoms with Crippen LogP contribution in [0.5, 0.6) is 5.88 Å². The molecule has 1 fully saturated rings. The van der Waals surface area contributed by atoms with Gasteiger partial charge in [0.25, 0.3) is 0 Å². The number of carboxylic acid groups (broad SMARTS) is 1. The van der Waals surface area contributed by atoms with Gasteiger partial charge in [-0.05, 0) is 55.7 Å². The van der Waals surface area contributed by atoms with Crippen molar-refractivity contribution in [3.05, 3.63) is 86.8 Å². The van der Waals surface area contributed by atoms with Gasteiger partial charge in [-0.1, -0.05) is 17.7 Å². The number of alkyl halides is 3. The van der Waals surface area contributed by atoms with Crippen LogP contribution in [0.1, 0.15) is 58.0 Å². The Morgan fingerprint density at radius 1 is 1.20 bits per heavy atom. The summed E-state index contributed by atoms with van der Waals surface area (Å²) < 4.78 is 84.3. The molecule has 2 atom stereocenters. The second kappa shape index (κ2) is 11.6. The first-order valence-electron chi connectivity index (χ1n) is 13.8. The third kappa shape index (κ3) is 5.71. The van der Waals surface area contributed by atoms with Crippen molar-refractivity contribution in [1.82, 2.24) is 19.4 Å². The highest BCUT2D eigenvalue weighted by molar-refractivity contribution is 6.30. The Bertz CT molecular complexity index is 1760. The maximum atomic E-state index is 15.4. The molecule has 14 heteroatoms. The van der Waals surface area contributed by atoms with Crippen molar-refractivity contribution in [3.8, 4) is 5.88 Å². The zero-order valence-electron chi connectivity index (χ0n) is 23.3. The van der Waals surface area contributed by atoms with Crippen LogP contribution in [0.3, 0.4) is 0 Å². The topological polar surface area (TPSA) is 89.7 Å². The van der Waals surface area contributed by atoms with E-state index < -0.39 is 53.4 Å². The highest BCUT2D eigenvalue weighted by Gasteiger charge is 2.38. The molecule has 232 valence electrons. The van der Waals surface area contributed by atoms with Crippen LogP contribution in [-0.2, 0) is 37.0 Å². The number of rotatable bonds is 8. The molecule has 1 saturated heterocycles. The van der Waals surface area contributed by atoms with E-state index >= 15 is 4.39 Å². The third-order valence-corrected chi connectivity index (χ3v) is 8.31. The van der Waals surface area contributed by atoms with Gasteiger partial charge in [0.05, 0.1) is 35.5 Å². The number of ether oxygens (including phenoxy) is 2. The number of halogens is 6. The molecule has 0 spiro atoms. The Morgan fingerprint density at radius 2 is 1.98 bits per heavy atom. The fourth-order valence-electron chi connectivity index (χ4n) is 5.56. The highest BCUT2D eigenvalue weighted by atomic mass is 35.5. The Hall–Kier alpha value is -3.81. The number of nitrogens with zero attached hydrogens (tertiary/aromatic N) is 4. The van der Waals surface area contributed by atoms with Crippen molar-refractivity contribution < 1.29 is 41.3 Å². The van der Waals surface area contributed by atoms with Gasteiger partial charge >= 0.3 is 12.1 Å². The summed E-state index contributed by atoms with van der Waals surface area (Å²) in [6.45, 7) is 2.66. The zero-order valence-corrected chi connectivity index (χ0v) is 24.1. The van der Waals surface area contributed by atoms with Crippen LogP contribution in [0.25, 0.3) is 11.0 Å². The van der Waals surface area contributed by atoms with Gasteiger partial charge in [0.15, 0.2) is 5.82 Å². The van der Waals surface area contributed by atoms with Gasteiger partial charge in [0.2, 0.25) is 5.88 Å². The maximum absolute atomic E-state index is 15.4. The van der Waals surface area contributed by atoms with E-state index in [9.17, 15) is 27.5 Å². The van der Waals surface area contributed by atoms with E-state index in [1.54, 1.807) is 4.57 Å². The fraction of sp³-hybridized carbons (Fsp3) is 0.367. The van der Waals surface area contributed by atoms with E-state index in [0.717, 1.165) is 18.6 Å². The quantitative estimate of drug-likeness (QED) is 0.219. The van der Waals surface area contributed by atoms with Crippen LogP contribution in [0.2, 0.25) is 5.02 Å². The molecule has 4 aromatic rings. The standard InChI is InChI=1S/C30H26ClF5N4O4/c1-15(27-37-23-5-4-20(29(41)42)25(33)26(23)40(27)12-19-7-9-43-19)39-8-6-16-10-21(30(34,35)36)28(38-24(16)13-39)44-14-17-2-3-18(31)11-22(17)32/h2-5,10-11,15,19H,6-9,12-14H2,1H3,(H,41,42)/t15?,19-/m0/s1. The predicted octanol–water partition coefficient (Wildman–Crippen LogP) is 6.57. The number of hydrogen-bond acceptors (Lipinski definition) is 6. The third-order valence-electron chi connectivity index (χ3n) is 8.07. The Labute approximate surface area is 253 Å². The van der Waals surface area contributed by atoms with Crippen LogP contribution in [0, 0.1) is 11.6 Å². The molecule has 0 bridgehead atoms. The average Bonchev–Trinajstić information content (AvgIpc) is 3.32. The number of aromatic nitrogens is 3. The molecule has 6 rings (SSSR count). The van der Waals surface area contributed by atoms with E-state index in [2.05, 4.69) is 9.97 Å². The van der Waals surface area contributed by atoms with Crippen LogP contribution < -0.4 is 4.74 Å². The molecule has 1 N–H and O–H groups in total. The van der Waals surface area contributed by atoms with Crippen molar-refractivity contribution in [1.29, 1.82) is 0 Å². The molecule has 0 saturated carbocycles. The fourth-order valence-corrected chi connectivity index (χ4v) is 5.71. The Morgan fingerprint density at radius 3 is 2.64 bits per heavy atom. The monoisotopic (exact) mass is 636 g/mol. The van der Waals surface area contributed by atoms with Crippen molar-refractivity contribution in [3.63, 3.8) is 0 Å². The minimum Gasteiger partial charge on any atom is -0.478 e. The number of benzene rings is 2. The van der Waals surface area contributed by atoms with Gasteiger partial charge in [-0.3, -0.25) is 4.90 Å². The molecule has 2 aromatic heterocycles. The largest absolute Gasteiger partial charge is 0.478 e. The zero-order chi connectivity index (χ0) is 31.3. The number of carbonyl (C=O) groups is 1. The molecule has 44 heavy (non-hydrogen) atoms. The van der Waals surface area contributed by atoms with Gasteiger partial charge in [-0.15, -0.1) is 0 Å². The number of fused-ring (bicyclic) bond motifs is 2. The molecular formula is C30H26ClF5N4O4. The van der Waals surface area contributed by atoms with Crippen LogP contribution in [0.4, 0.5) is 22.0 Å². The first-order valence-corrected chi connectivity index (χ1v) is 14.2. The Balaban J connectivity index is 1.32. The SMILES string of the molecule is CC(c1nc2ccc(C(=O)O)c(F)c2n1C[C@@H]1CCO1)N1CCc2cc(C(F)(F)F)c(OCc3ccc(Cl)cc3F)nc2C1. The molecule has 2 aliphatic heterocycles. The van der Waals surface area contributed by atoms with Gasteiger partial charge in [0, 0.05) is 30.3 Å². The van der Waals surface area contributed by atoms with Gasteiger partial charge in [-0.25, -0.2) is 23.5 Å². The van der Waals surface area contributed by atoms with E-state index in [1.165, 1.54) is 24.3 Å². The molecule has 8 nitrogen and oxygen atoms in total. The van der Waals surface area contributed by atoms with Crippen molar-refractivity contribution in [2.75, 3.05) is 13.2 Å². The van der Waals surface area contributed by atoms with E-state index in [4.69, 9.17) is 21.1 Å². The van der Waals surface area contributed by atoms with Crippen LogP contribution in [-0.4, -0.2) is 49.8 Å². The number of pyridine rings is 1. The summed E-state index contributed by atoms with van der Waals surface area (Å²) in [7, 11) is 0. The number of hydrogen-bond donors (Lipinski definition) is 1. The maximum Gasteiger partial charge on any atom is 0.421 e. The second-order valence-corrected chi connectivity index (χ2v) is 11.3. The number of carboxylic acids is 1. The highest BCUT2D eigenvalue weighted by Crippen LogP contribution is 2.39. The summed E-state index contributed by atoms with van der Waals surface area (Å²) in [4.78, 5) is 22.5. The summed E-state index contributed by atoms with van der Waals surface area (Å²) in [6, 6.07) is 6.96. The lowest BCUT2D eigenvalue weighted by atomic mass is 10.0. The van der Waals surface area contributed by atoms with Gasteiger partial charge in [0.1, 0.15) is 29.3 Å². The van der Waals surface area contributed by atoms with Crippen molar-refractivity contribution >= 4 is 28.6 Å². The lowest BCUT2D eigenvalue weighted by molar-refractivity contribution is -0.139. The summed E-state index contributed by atoms with van der Waals surface area (Å²) in [5, 5.41) is 9.61. The van der Waals surface area contributed by atoms with Crippen molar-refractivity contribution in [2.45, 2.75) is 57.8 Å².